The lowest BCUT2D eigenvalue weighted by atomic mass is 10.0. The first-order valence-electron chi connectivity index (χ1n) is 8.94. The van der Waals surface area contributed by atoms with Gasteiger partial charge in [-0.25, -0.2) is 0 Å². The van der Waals surface area contributed by atoms with E-state index >= 15 is 0 Å². The van der Waals surface area contributed by atoms with Gasteiger partial charge in [-0.3, -0.25) is 4.68 Å². The van der Waals surface area contributed by atoms with Gasteiger partial charge < -0.3 is 5.32 Å². The Hall–Kier alpha value is -0.830. The third-order valence-corrected chi connectivity index (χ3v) is 4.28. The third-order valence-electron chi connectivity index (χ3n) is 4.28. The first kappa shape index (κ1) is 18.2. The van der Waals surface area contributed by atoms with E-state index in [4.69, 9.17) is 0 Å². The molecule has 1 aromatic heterocycles. The Balaban J connectivity index is 2.25. The second-order valence-electron chi connectivity index (χ2n) is 6.13. The highest BCUT2D eigenvalue weighted by atomic mass is 15.3. The van der Waals surface area contributed by atoms with Crippen LogP contribution in [0.4, 0.5) is 0 Å². The van der Waals surface area contributed by atoms with Crippen molar-refractivity contribution in [2.24, 2.45) is 0 Å². The molecule has 0 aliphatic rings. The number of rotatable bonds is 12. The van der Waals surface area contributed by atoms with Gasteiger partial charge in [0.05, 0.1) is 11.4 Å². The molecule has 1 atom stereocenters. The van der Waals surface area contributed by atoms with Crippen molar-refractivity contribution in [3.63, 3.8) is 0 Å². The van der Waals surface area contributed by atoms with Gasteiger partial charge >= 0.3 is 0 Å². The highest BCUT2D eigenvalue weighted by molar-refractivity contribution is 5.13. The summed E-state index contributed by atoms with van der Waals surface area (Å²) >= 11 is 0. The van der Waals surface area contributed by atoms with Crippen LogP contribution in [0.15, 0.2) is 6.07 Å². The summed E-state index contributed by atoms with van der Waals surface area (Å²) in [4.78, 5) is 0. The lowest BCUT2D eigenvalue weighted by Crippen LogP contribution is -2.20. The second-order valence-corrected chi connectivity index (χ2v) is 6.13. The molecule has 0 spiro atoms. The fourth-order valence-electron chi connectivity index (χ4n) is 3.02. The number of aryl methyl sites for hydroxylation is 2. The maximum atomic E-state index is 4.56. The maximum absolute atomic E-state index is 4.56. The lowest BCUT2D eigenvalue weighted by Gasteiger charge is -2.17. The number of nitrogens with zero attached hydrogens (tertiary/aromatic N) is 2. The van der Waals surface area contributed by atoms with Crippen molar-refractivity contribution in [3.05, 3.63) is 17.5 Å². The molecule has 0 aromatic carbocycles. The van der Waals surface area contributed by atoms with E-state index in [1.807, 2.05) is 0 Å². The summed E-state index contributed by atoms with van der Waals surface area (Å²) in [7, 11) is 2.07. The van der Waals surface area contributed by atoms with Crippen LogP contribution in [-0.2, 0) is 6.54 Å². The van der Waals surface area contributed by atoms with Crippen molar-refractivity contribution in [3.8, 4) is 0 Å². The largest absolute Gasteiger partial charge is 0.312 e. The quantitative estimate of drug-likeness (QED) is 0.549. The zero-order valence-electron chi connectivity index (χ0n) is 14.6. The maximum Gasteiger partial charge on any atom is 0.0597 e. The van der Waals surface area contributed by atoms with Crippen LogP contribution in [0.25, 0.3) is 0 Å². The van der Waals surface area contributed by atoms with Crippen LogP contribution in [0.3, 0.4) is 0 Å². The van der Waals surface area contributed by atoms with E-state index in [0.717, 1.165) is 12.2 Å². The van der Waals surface area contributed by atoms with Gasteiger partial charge in [0, 0.05) is 12.6 Å². The fraction of sp³-hybridized carbons (Fsp3) is 0.833. The highest BCUT2D eigenvalue weighted by Crippen LogP contribution is 2.21. The van der Waals surface area contributed by atoms with E-state index in [1.54, 1.807) is 0 Å². The van der Waals surface area contributed by atoms with Crippen LogP contribution < -0.4 is 5.32 Å². The Morgan fingerprint density at radius 2 is 1.67 bits per heavy atom. The molecule has 0 aliphatic carbocycles. The molecule has 122 valence electrons. The molecule has 3 heteroatoms. The SMILES string of the molecule is CCCCCCCCCCC(NC)c1cc(C)nn1CC. The second kappa shape index (κ2) is 10.8. The first-order valence-corrected chi connectivity index (χ1v) is 8.94. The standard InChI is InChI=1S/C18H35N3/c1-5-7-8-9-10-11-12-13-14-17(19-4)18-15-16(3)20-21(18)6-2/h15,17,19H,5-14H2,1-4H3. The lowest BCUT2D eigenvalue weighted by molar-refractivity contribution is 0.459. The number of hydrogen-bond donors (Lipinski definition) is 1. The zero-order chi connectivity index (χ0) is 15.5. The Bertz CT molecular complexity index is 371. The molecule has 0 fully saturated rings. The van der Waals surface area contributed by atoms with E-state index in [2.05, 4.69) is 49.0 Å². The third kappa shape index (κ3) is 6.64. The Kier molecular flexibility index (Phi) is 9.40. The van der Waals surface area contributed by atoms with Crippen LogP contribution in [0.2, 0.25) is 0 Å². The number of unbranched alkanes of at least 4 members (excludes halogenated alkanes) is 7. The molecule has 1 heterocycles. The molecule has 0 saturated heterocycles. The van der Waals surface area contributed by atoms with Gasteiger partial charge in [-0.15, -0.1) is 0 Å². The summed E-state index contributed by atoms with van der Waals surface area (Å²) < 4.78 is 2.14. The van der Waals surface area contributed by atoms with Gasteiger partial charge in [0.15, 0.2) is 0 Å². The average molecular weight is 293 g/mol. The monoisotopic (exact) mass is 293 g/mol. The van der Waals surface area contributed by atoms with Gasteiger partial charge in [0.2, 0.25) is 0 Å². The van der Waals surface area contributed by atoms with Crippen molar-refractivity contribution < 1.29 is 0 Å². The van der Waals surface area contributed by atoms with Crippen LogP contribution in [0.1, 0.15) is 89.1 Å². The first-order chi connectivity index (χ1) is 10.2. The van der Waals surface area contributed by atoms with Crippen molar-refractivity contribution in [1.29, 1.82) is 0 Å². The Labute approximate surface area is 131 Å². The van der Waals surface area contributed by atoms with Crippen molar-refractivity contribution >= 4 is 0 Å². The van der Waals surface area contributed by atoms with Gasteiger partial charge in [0.25, 0.3) is 0 Å². The molecule has 21 heavy (non-hydrogen) atoms. The number of aromatic nitrogens is 2. The molecule has 0 bridgehead atoms. The molecule has 0 amide bonds. The summed E-state index contributed by atoms with van der Waals surface area (Å²) in [6, 6.07) is 2.68. The summed E-state index contributed by atoms with van der Waals surface area (Å²) in [6.45, 7) is 7.48. The Morgan fingerprint density at radius 1 is 1.05 bits per heavy atom. The molecular weight excluding hydrogens is 258 g/mol. The predicted octanol–water partition coefficient (Wildman–Crippen LogP) is 5.00. The summed E-state index contributed by atoms with van der Waals surface area (Å²) in [5.74, 6) is 0. The van der Waals surface area contributed by atoms with E-state index in [1.165, 1.54) is 63.5 Å². The van der Waals surface area contributed by atoms with E-state index in [9.17, 15) is 0 Å². The van der Waals surface area contributed by atoms with Gasteiger partial charge in [-0.05, 0) is 33.4 Å². The highest BCUT2D eigenvalue weighted by Gasteiger charge is 2.14. The average Bonchev–Trinajstić information content (AvgIpc) is 2.86. The molecule has 1 N–H and O–H groups in total. The molecule has 1 rings (SSSR count). The molecule has 0 saturated carbocycles. The number of hydrogen-bond acceptors (Lipinski definition) is 2. The van der Waals surface area contributed by atoms with Gasteiger partial charge in [-0.2, -0.15) is 5.10 Å². The van der Waals surface area contributed by atoms with Crippen molar-refractivity contribution in [2.45, 2.75) is 91.1 Å². The van der Waals surface area contributed by atoms with Crippen LogP contribution in [-0.4, -0.2) is 16.8 Å². The van der Waals surface area contributed by atoms with E-state index in [0.29, 0.717) is 6.04 Å². The predicted molar refractivity (Wildman–Crippen MR) is 91.7 cm³/mol. The molecule has 1 unspecified atom stereocenters. The van der Waals surface area contributed by atoms with Crippen LogP contribution in [0.5, 0.6) is 0 Å². The summed E-state index contributed by atoms with van der Waals surface area (Å²) in [5, 5.41) is 8.03. The van der Waals surface area contributed by atoms with Crippen molar-refractivity contribution in [1.82, 2.24) is 15.1 Å². The minimum absolute atomic E-state index is 0.450. The topological polar surface area (TPSA) is 29.9 Å². The smallest absolute Gasteiger partial charge is 0.0597 e. The normalized spacial score (nSPS) is 12.8. The van der Waals surface area contributed by atoms with Crippen LogP contribution >= 0.6 is 0 Å². The molecule has 3 nitrogen and oxygen atoms in total. The van der Waals surface area contributed by atoms with E-state index in [-0.39, 0.29) is 0 Å². The zero-order valence-corrected chi connectivity index (χ0v) is 14.6. The summed E-state index contributed by atoms with van der Waals surface area (Å²) in [5.41, 5.74) is 2.48. The van der Waals surface area contributed by atoms with Crippen LogP contribution in [0, 0.1) is 6.92 Å². The molecule has 0 aliphatic heterocycles. The Morgan fingerprint density at radius 3 is 2.24 bits per heavy atom. The minimum atomic E-state index is 0.450. The minimum Gasteiger partial charge on any atom is -0.312 e. The molecule has 0 radical (unpaired) electrons. The van der Waals surface area contributed by atoms with Crippen molar-refractivity contribution in [2.75, 3.05) is 7.05 Å². The molecule has 1 aromatic rings. The molecular formula is C18H35N3. The van der Waals surface area contributed by atoms with Gasteiger partial charge in [0.1, 0.15) is 0 Å². The van der Waals surface area contributed by atoms with E-state index < -0.39 is 0 Å². The fourth-order valence-corrected chi connectivity index (χ4v) is 3.02. The summed E-state index contributed by atoms with van der Waals surface area (Å²) in [6.07, 6.45) is 12.3. The number of nitrogens with one attached hydrogen (secondary N) is 1. The van der Waals surface area contributed by atoms with Gasteiger partial charge in [-0.1, -0.05) is 58.3 Å².